The molecule has 0 aliphatic heterocycles. The zero-order chi connectivity index (χ0) is 17.7. The second-order valence-electron chi connectivity index (χ2n) is 5.82. The number of fused-ring (bicyclic) bond motifs is 3. The summed E-state index contributed by atoms with van der Waals surface area (Å²) in [4.78, 5) is 18.0. The molecule has 0 saturated heterocycles. The van der Waals surface area contributed by atoms with Crippen LogP contribution in [-0.4, -0.2) is 9.38 Å². The van der Waals surface area contributed by atoms with Crippen molar-refractivity contribution in [1.29, 1.82) is 0 Å². The van der Waals surface area contributed by atoms with Gasteiger partial charge >= 0.3 is 0 Å². The predicted molar refractivity (Wildman–Crippen MR) is 105 cm³/mol. The first-order valence-corrected chi connectivity index (χ1v) is 9.16. The molecule has 0 N–H and O–H groups in total. The SMILES string of the molecule is O=c1c(=Cc2ccc(-c3ccccc3Cl)o2)sc2nc3ccccc3n12. The van der Waals surface area contributed by atoms with Gasteiger partial charge in [0.2, 0.25) is 0 Å². The van der Waals surface area contributed by atoms with Crippen LogP contribution in [0.2, 0.25) is 5.02 Å². The lowest BCUT2D eigenvalue weighted by Gasteiger charge is -1.98. The van der Waals surface area contributed by atoms with E-state index in [9.17, 15) is 4.79 Å². The summed E-state index contributed by atoms with van der Waals surface area (Å²) < 4.78 is 8.09. The molecule has 5 aromatic rings. The van der Waals surface area contributed by atoms with Crippen molar-refractivity contribution in [3.63, 3.8) is 0 Å². The highest BCUT2D eigenvalue weighted by Crippen LogP contribution is 2.29. The van der Waals surface area contributed by atoms with Gasteiger partial charge in [-0.2, -0.15) is 0 Å². The van der Waals surface area contributed by atoms with E-state index in [1.807, 2.05) is 60.7 Å². The number of hydrogen-bond acceptors (Lipinski definition) is 4. The lowest BCUT2D eigenvalue weighted by Crippen LogP contribution is -2.22. The molecule has 0 aliphatic rings. The van der Waals surface area contributed by atoms with Crippen molar-refractivity contribution < 1.29 is 4.42 Å². The van der Waals surface area contributed by atoms with Crippen LogP contribution in [0.4, 0.5) is 0 Å². The van der Waals surface area contributed by atoms with Crippen LogP contribution in [-0.2, 0) is 0 Å². The van der Waals surface area contributed by atoms with Crippen LogP contribution >= 0.6 is 22.9 Å². The molecule has 0 aliphatic carbocycles. The Labute approximate surface area is 156 Å². The van der Waals surface area contributed by atoms with Gasteiger partial charge in [0.05, 0.1) is 16.1 Å². The van der Waals surface area contributed by atoms with Gasteiger partial charge in [-0.1, -0.05) is 47.2 Å². The third-order valence-electron chi connectivity index (χ3n) is 4.18. The number of halogens is 1. The molecule has 4 nitrogen and oxygen atoms in total. The number of rotatable bonds is 2. The zero-order valence-corrected chi connectivity index (χ0v) is 14.9. The van der Waals surface area contributed by atoms with Crippen LogP contribution < -0.4 is 10.1 Å². The molecular formula is C20H11ClN2O2S. The monoisotopic (exact) mass is 378 g/mol. The third-order valence-corrected chi connectivity index (χ3v) is 5.48. The average Bonchev–Trinajstić information content (AvgIpc) is 3.32. The summed E-state index contributed by atoms with van der Waals surface area (Å²) >= 11 is 7.57. The summed E-state index contributed by atoms with van der Waals surface area (Å²) in [6, 6.07) is 18.8. The summed E-state index contributed by atoms with van der Waals surface area (Å²) in [5.74, 6) is 1.27. The van der Waals surface area contributed by atoms with E-state index < -0.39 is 0 Å². The van der Waals surface area contributed by atoms with E-state index in [-0.39, 0.29) is 5.56 Å². The normalized spacial score (nSPS) is 12.4. The topological polar surface area (TPSA) is 47.5 Å². The number of furan rings is 1. The van der Waals surface area contributed by atoms with E-state index in [0.717, 1.165) is 16.6 Å². The highest BCUT2D eigenvalue weighted by atomic mass is 35.5. The fraction of sp³-hybridized carbons (Fsp3) is 0. The highest BCUT2D eigenvalue weighted by molar-refractivity contribution is 7.15. The Bertz CT molecular complexity index is 1380. The molecule has 6 heteroatoms. The Morgan fingerprint density at radius 1 is 1.04 bits per heavy atom. The summed E-state index contributed by atoms with van der Waals surface area (Å²) in [6.07, 6.45) is 1.75. The maximum Gasteiger partial charge on any atom is 0.275 e. The number of benzene rings is 2. The molecule has 0 fully saturated rings. The van der Waals surface area contributed by atoms with Gasteiger partial charge in [0.25, 0.3) is 5.56 Å². The maximum absolute atomic E-state index is 12.8. The summed E-state index contributed by atoms with van der Waals surface area (Å²) in [6.45, 7) is 0. The van der Waals surface area contributed by atoms with Crippen molar-refractivity contribution >= 4 is 45.0 Å². The zero-order valence-electron chi connectivity index (χ0n) is 13.3. The van der Waals surface area contributed by atoms with Gasteiger partial charge in [-0.05, 0) is 36.4 Å². The maximum atomic E-state index is 12.8. The molecule has 0 saturated carbocycles. The van der Waals surface area contributed by atoms with Crippen LogP contribution in [0.3, 0.4) is 0 Å². The van der Waals surface area contributed by atoms with Crippen LogP contribution in [0.1, 0.15) is 5.76 Å². The molecule has 0 atom stereocenters. The number of para-hydroxylation sites is 2. The second kappa shape index (κ2) is 5.83. The van der Waals surface area contributed by atoms with E-state index in [2.05, 4.69) is 4.98 Å². The van der Waals surface area contributed by atoms with E-state index in [4.69, 9.17) is 16.0 Å². The Kier molecular flexibility index (Phi) is 3.45. The first-order valence-electron chi connectivity index (χ1n) is 7.97. The first kappa shape index (κ1) is 15.4. The smallest absolute Gasteiger partial charge is 0.275 e. The summed E-state index contributed by atoms with van der Waals surface area (Å²) in [5.41, 5.74) is 2.37. The number of imidazole rings is 1. The number of hydrogen-bond donors (Lipinski definition) is 0. The molecule has 0 bridgehead atoms. The Morgan fingerprint density at radius 2 is 1.85 bits per heavy atom. The van der Waals surface area contributed by atoms with Gasteiger partial charge < -0.3 is 4.42 Å². The molecule has 0 spiro atoms. The molecule has 5 rings (SSSR count). The number of nitrogens with zero attached hydrogens (tertiary/aromatic N) is 2. The molecule has 126 valence electrons. The molecule has 3 aromatic heterocycles. The van der Waals surface area contributed by atoms with Crippen molar-refractivity contribution in [2.45, 2.75) is 0 Å². The van der Waals surface area contributed by atoms with E-state index in [1.54, 1.807) is 10.5 Å². The van der Waals surface area contributed by atoms with Crippen LogP contribution in [0, 0.1) is 0 Å². The average molecular weight is 379 g/mol. The fourth-order valence-corrected chi connectivity index (χ4v) is 4.17. The van der Waals surface area contributed by atoms with Gasteiger partial charge in [0.15, 0.2) is 4.96 Å². The van der Waals surface area contributed by atoms with Crippen molar-refractivity contribution in [1.82, 2.24) is 9.38 Å². The lowest BCUT2D eigenvalue weighted by molar-refractivity contribution is 0.571. The predicted octanol–water partition coefficient (Wildman–Crippen LogP) is 4.37. The highest BCUT2D eigenvalue weighted by Gasteiger charge is 2.12. The first-order chi connectivity index (χ1) is 12.7. The minimum Gasteiger partial charge on any atom is -0.457 e. The van der Waals surface area contributed by atoms with Crippen molar-refractivity contribution in [2.75, 3.05) is 0 Å². The lowest BCUT2D eigenvalue weighted by atomic mass is 10.2. The molecule has 0 radical (unpaired) electrons. The van der Waals surface area contributed by atoms with Gasteiger partial charge in [0.1, 0.15) is 16.1 Å². The second-order valence-corrected chi connectivity index (χ2v) is 7.23. The van der Waals surface area contributed by atoms with Crippen LogP contribution in [0.15, 0.2) is 69.9 Å². The van der Waals surface area contributed by atoms with Gasteiger partial charge in [0, 0.05) is 11.6 Å². The Balaban J connectivity index is 1.65. The van der Waals surface area contributed by atoms with Crippen molar-refractivity contribution in [2.24, 2.45) is 0 Å². The molecule has 2 aromatic carbocycles. The van der Waals surface area contributed by atoms with Crippen molar-refractivity contribution in [3.8, 4) is 11.3 Å². The van der Waals surface area contributed by atoms with Crippen LogP contribution in [0.25, 0.3) is 33.4 Å². The molecule has 3 heterocycles. The third kappa shape index (κ3) is 2.36. The van der Waals surface area contributed by atoms with E-state index >= 15 is 0 Å². The molecular weight excluding hydrogens is 368 g/mol. The molecule has 0 unspecified atom stereocenters. The Morgan fingerprint density at radius 3 is 2.73 bits per heavy atom. The quantitative estimate of drug-likeness (QED) is 0.458. The fourth-order valence-electron chi connectivity index (χ4n) is 2.98. The standard InChI is InChI=1S/C20H11ClN2O2S/c21-14-6-2-1-5-13(14)17-10-9-12(25-17)11-18-19(24)23-16-8-4-3-7-15(16)22-20(23)26-18/h1-11H. The van der Waals surface area contributed by atoms with Crippen LogP contribution in [0.5, 0.6) is 0 Å². The largest absolute Gasteiger partial charge is 0.457 e. The number of aromatic nitrogens is 2. The molecule has 26 heavy (non-hydrogen) atoms. The van der Waals surface area contributed by atoms with Gasteiger partial charge in [-0.15, -0.1) is 0 Å². The number of thiazole rings is 1. The molecule has 0 amide bonds. The van der Waals surface area contributed by atoms with Gasteiger partial charge in [-0.3, -0.25) is 4.79 Å². The van der Waals surface area contributed by atoms with E-state index in [0.29, 0.717) is 26.0 Å². The van der Waals surface area contributed by atoms with Gasteiger partial charge in [-0.25, -0.2) is 9.38 Å². The minimum atomic E-state index is -0.0885. The summed E-state index contributed by atoms with van der Waals surface area (Å²) in [5, 5.41) is 0.624. The summed E-state index contributed by atoms with van der Waals surface area (Å²) in [7, 11) is 0. The van der Waals surface area contributed by atoms with Crippen molar-refractivity contribution in [3.05, 3.63) is 86.3 Å². The minimum absolute atomic E-state index is 0.0885. The Hall–Kier alpha value is -2.89. The van der Waals surface area contributed by atoms with E-state index in [1.165, 1.54) is 11.3 Å².